The summed E-state index contributed by atoms with van der Waals surface area (Å²) in [6.45, 7) is 0. The molecule has 0 bridgehead atoms. The Bertz CT molecular complexity index is 9.61. The summed E-state index contributed by atoms with van der Waals surface area (Å²) in [6, 6.07) is 0. The van der Waals surface area contributed by atoms with Crippen LogP contribution in [0.4, 0.5) is 0 Å². The van der Waals surface area contributed by atoms with Gasteiger partial charge in [0.15, 0.2) is 0 Å². The van der Waals surface area contributed by atoms with Gasteiger partial charge in [0.25, 0.3) is 0 Å². The summed E-state index contributed by atoms with van der Waals surface area (Å²) in [5.41, 5.74) is 0. The van der Waals surface area contributed by atoms with Crippen molar-refractivity contribution in [2.45, 2.75) is 0 Å². The van der Waals surface area contributed by atoms with Crippen molar-refractivity contribution < 1.29 is 21.7 Å². The van der Waals surface area contributed by atoms with E-state index in [0.29, 0.717) is 0 Å². The second-order valence-corrected chi connectivity index (χ2v) is 0.447. The van der Waals surface area contributed by atoms with Crippen molar-refractivity contribution >= 4 is 26.2 Å². The molecule has 0 amide bonds. The third-order valence-corrected chi connectivity index (χ3v) is 0. The van der Waals surface area contributed by atoms with Crippen LogP contribution < -0.4 is 0 Å². The molecule has 0 spiro atoms. The Morgan fingerprint density at radius 3 is 1.20 bits per heavy atom. The van der Waals surface area contributed by atoms with Gasteiger partial charge in [-0.05, 0) is 0 Å². The molecule has 0 atom stereocenters. The number of nitrogens with zero attached hydrogens (tertiary/aromatic N) is 1. The Hall–Kier alpha value is 1.56. The number of hydrogen-bond acceptors (Lipinski definition) is 0. The first-order chi connectivity index (χ1) is 1.41. The predicted molar refractivity (Wildman–Crippen MR) is 21.0 cm³/mol. The van der Waals surface area contributed by atoms with Crippen molar-refractivity contribution in [3.05, 3.63) is 5.32 Å². The monoisotopic (exact) mass is 301 g/mol. The molecule has 0 saturated carbocycles. The van der Waals surface area contributed by atoms with Crippen LogP contribution in [0.15, 0.2) is 0 Å². The van der Waals surface area contributed by atoms with E-state index in [1.165, 1.54) is 0 Å². The van der Waals surface area contributed by atoms with Crippen LogP contribution in [0.5, 0.6) is 0 Å². The molecule has 0 fully saturated rings. The Kier molecular flexibility index (Phi) is 56.5. The normalized spacial score (nSPS) is 3.60. The van der Waals surface area contributed by atoms with Crippen LogP contribution in [-0.4, -0.2) is 40.3 Å². The van der Waals surface area contributed by atoms with E-state index in [9.17, 15) is 0 Å². The van der Waals surface area contributed by atoms with Gasteiger partial charge in [-0.25, -0.2) is 0 Å². The maximum atomic E-state index is 3.50. The van der Waals surface area contributed by atoms with E-state index < -0.39 is 0 Å². The van der Waals surface area contributed by atoms with E-state index in [1.54, 1.807) is 14.1 Å². The molecule has 0 saturated heterocycles. The Morgan fingerprint density at radius 1 is 1.20 bits per heavy atom. The van der Waals surface area contributed by atoms with Crippen molar-refractivity contribution in [3.8, 4) is 0 Å². The molecule has 29 valence electrons. The molecule has 0 aromatic rings. The van der Waals surface area contributed by atoms with E-state index in [0.717, 1.165) is 0 Å². The molecule has 0 N–H and O–H groups in total. The van der Waals surface area contributed by atoms with Crippen LogP contribution in [0.1, 0.15) is 0 Å². The molecule has 3 heteroatoms. The second-order valence-electron chi connectivity index (χ2n) is 0.447. The third kappa shape index (κ3) is 29.0. The van der Waals surface area contributed by atoms with Crippen LogP contribution in [0.3, 0.4) is 0 Å². The van der Waals surface area contributed by atoms with E-state index in [-0.39, 0.29) is 47.9 Å². The molecule has 0 aliphatic heterocycles. The molecule has 5 heavy (non-hydrogen) atoms. The summed E-state index contributed by atoms with van der Waals surface area (Å²) >= 11 is 0. The maximum Gasteiger partial charge on any atom is 0 e. The fourth-order valence-electron chi connectivity index (χ4n) is 0. The SMILES string of the molecule is C[N-]C.[Bi].[Ti]. The van der Waals surface area contributed by atoms with Crippen LogP contribution in [0.25, 0.3) is 5.32 Å². The molecule has 3 radical (unpaired) electrons. The third-order valence-electron chi connectivity index (χ3n) is 0. The fraction of sp³-hybridized carbons (Fsp3) is 1.00. The number of rotatable bonds is 0. The summed E-state index contributed by atoms with van der Waals surface area (Å²) < 4.78 is 0. The molecule has 1 nitrogen and oxygen atoms in total. The van der Waals surface area contributed by atoms with Gasteiger partial charge in [0, 0.05) is 47.9 Å². The Balaban J connectivity index is -0.0000000200. The van der Waals surface area contributed by atoms with Gasteiger partial charge in [-0.3, -0.25) is 0 Å². The van der Waals surface area contributed by atoms with Gasteiger partial charge in [0.1, 0.15) is 0 Å². The van der Waals surface area contributed by atoms with E-state index in [2.05, 4.69) is 5.32 Å². The second kappa shape index (κ2) is 17.6. The maximum absolute atomic E-state index is 3.50. The largest absolute Gasteiger partial charge is 0.668 e. The molecule has 0 aliphatic rings. The summed E-state index contributed by atoms with van der Waals surface area (Å²) in [4.78, 5) is 0. The van der Waals surface area contributed by atoms with Gasteiger partial charge in [0.2, 0.25) is 0 Å². The van der Waals surface area contributed by atoms with Gasteiger partial charge < -0.3 is 5.32 Å². The summed E-state index contributed by atoms with van der Waals surface area (Å²) in [5, 5.41) is 3.50. The first-order valence-electron chi connectivity index (χ1n) is 0.894. The molecule has 0 aromatic heterocycles. The van der Waals surface area contributed by atoms with Crippen molar-refractivity contribution in [2.75, 3.05) is 14.1 Å². The molecule has 0 aromatic carbocycles. The van der Waals surface area contributed by atoms with Crippen molar-refractivity contribution in [1.29, 1.82) is 0 Å². The Labute approximate surface area is 66.9 Å². The standard InChI is InChI=1S/C2H6N.Bi.Ti/c1-3-2;;/h1-2H3;;/q-1;;. The van der Waals surface area contributed by atoms with Crippen LogP contribution >= 0.6 is 0 Å². The molecule has 0 aliphatic carbocycles. The van der Waals surface area contributed by atoms with Gasteiger partial charge in [-0.2, -0.15) is 14.1 Å². The molecular weight excluding hydrogens is 295 g/mol. The first-order valence-corrected chi connectivity index (χ1v) is 0.894. The summed E-state index contributed by atoms with van der Waals surface area (Å²) in [6.07, 6.45) is 0. The van der Waals surface area contributed by atoms with Gasteiger partial charge in [-0.15, -0.1) is 0 Å². The first kappa shape index (κ1) is 16.0. The smallest absolute Gasteiger partial charge is 0 e. The minimum Gasteiger partial charge on any atom is -0.668 e. The molecule has 0 unspecified atom stereocenters. The zero-order valence-electron chi connectivity index (χ0n) is 3.39. The summed E-state index contributed by atoms with van der Waals surface area (Å²) in [5.74, 6) is 0. The topological polar surface area (TPSA) is 14.1 Å². The molecule has 0 heterocycles. The minimum absolute atomic E-state index is 0. The van der Waals surface area contributed by atoms with E-state index >= 15 is 0 Å². The molecule has 0 rings (SSSR count). The van der Waals surface area contributed by atoms with Crippen LogP contribution in [-0.2, 0) is 21.7 Å². The summed E-state index contributed by atoms with van der Waals surface area (Å²) in [7, 11) is 3.50. The quantitative estimate of drug-likeness (QED) is 0.569. The van der Waals surface area contributed by atoms with Gasteiger partial charge in [0.05, 0.1) is 0 Å². The van der Waals surface area contributed by atoms with E-state index in [4.69, 9.17) is 0 Å². The predicted octanol–water partition coefficient (Wildman–Crippen LogP) is 0.236. The average Bonchev–Trinajstić information content (AvgIpc) is 0.918. The van der Waals surface area contributed by atoms with Crippen molar-refractivity contribution in [3.63, 3.8) is 0 Å². The Morgan fingerprint density at radius 2 is 1.20 bits per heavy atom. The van der Waals surface area contributed by atoms with Crippen LogP contribution in [0, 0.1) is 0 Å². The van der Waals surface area contributed by atoms with Crippen molar-refractivity contribution in [2.24, 2.45) is 0 Å². The van der Waals surface area contributed by atoms with Gasteiger partial charge >= 0.3 is 0 Å². The molecular formula is C2H6BiNTi-. The number of hydrogen-bond donors (Lipinski definition) is 0. The minimum atomic E-state index is 0. The van der Waals surface area contributed by atoms with E-state index in [1.807, 2.05) is 0 Å². The average molecular weight is 301 g/mol. The van der Waals surface area contributed by atoms with Crippen molar-refractivity contribution in [1.82, 2.24) is 0 Å². The zero-order chi connectivity index (χ0) is 2.71. The van der Waals surface area contributed by atoms with Crippen LogP contribution in [0.2, 0.25) is 0 Å². The zero-order valence-corrected chi connectivity index (χ0v) is 8.43. The fourth-order valence-corrected chi connectivity index (χ4v) is 0. The van der Waals surface area contributed by atoms with Gasteiger partial charge in [-0.1, -0.05) is 0 Å².